The molecule has 0 atom stereocenters. The van der Waals surface area contributed by atoms with E-state index in [0.29, 0.717) is 17.4 Å². The molecule has 1 aromatic carbocycles. The van der Waals surface area contributed by atoms with Crippen LogP contribution in [0.1, 0.15) is 39.9 Å². The molecule has 0 aliphatic carbocycles. The summed E-state index contributed by atoms with van der Waals surface area (Å²) in [5.74, 6) is 0.371. The molecule has 0 saturated carbocycles. The van der Waals surface area contributed by atoms with Crippen LogP contribution in [0.5, 0.6) is 5.75 Å². The van der Waals surface area contributed by atoms with Crippen molar-refractivity contribution in [2.75, 3.05) is 0 Å². The van der Waals surface area contributed by atoms with Crippen LogP contribution < -0.4 is 4.74 Å². The molecular formula is C15H16O3S. The first-order chi connectivity index (χ1) is 9.08. The van der Waals surface area contributed by atoms with E-state index in [4.69, 9.17) is 9.84 Å². The molecule has 0 aliphatic heterocycles. The zero-order valence-electron chi connectivity index (χ0n) is 10.9. The Morgan fingerprint density at radius 2 is 2.00 bits per heavy atom. The van der Waals surface area contributed by atoms with Gasteiger partial charge >= 0.3 is 5.97 Å². The molecule has 0 saturated heterocycles. The van der Waals surface area contributed by atoms with Gasteiger partial charge < -0.3 is 9.84 Å². The summed E-state index contributed by atoms with van der Waals surface area (Å²) in [4.78, 5) is 12.1. The lowest BCUT2D eigenvalue weighted by Crippen LogP contribution is -1.98. The van der Waals surface area contributed by atoms with Crippen molar-refractivity contribution in [3.8, 4) is 5.75 Å². The Balaban J connectivity index is 2.08. The van der Waals surface area contributed by atoms with E-state index in [-0.39, 0.29) is 0 Å². The lowest BCUT2D eigenvalue weighted by molar-refractivity contribution is 0.0702. The number of carboxylic acids is 1. The maximum absolute atomic E-state index is 10.8. The highest BCUT2D eigenvalue weighted by Crippen LogP contribution is 2.27. The number of ether oxygens (including phenoxy) is 1. The molecule has 3 nitrogen and oxygen atoms in total. The number of thiophene rings is 1. The summed E-state index contributed by atoms with van der Waals surface area (Å²) in [6, 6.07) is 11.3. The lowest BCUT2D eigenvalue weighted by Gasteiger charge is -2.13. The summed E-state index contributed by atoms with van der Waals surface area (Å²) in [5.41, 5.74) is 1.16. The van der Waals surface area contributed by atoms with Crippen LogP contribution in [-0.2, 0) is 6.61 Å². The second kappa shape index (κ2) is 5.89. The molecule has 1 aromatic heterocycles. The second-order valence-corrected chi connectivity index (χ2v) is 5.72. The van der Waals surface area contributed by atoms with Gasteiger partial charge in [0, 0.05) is 4.88 Å². The van der Waals surface area contributed by atoms with Gasteiger partial charge in [0.05, 0.1) is 0 Å². The minimum Gasteiger partial charge on any atom is -0.488 e. The number of benzene rings is 1. The summed E-state index contributed by atoms with van der Waals surface area (Å²) in [6.45, 7) is 4.65. The molecule has 0 amide bonds. The van der Waals surface area contributed by atoms with E-state index in [2.05, 4.69) is 19.9 Å². The Morgan fingerprint density at radius 3 is 2.63 bits per heavy atom. The third-order valence-electron chi connectivity index (χ3n) is 2.78. The number of rotatable bonds is 5. The fourth-order valence-corrected chi connectivity index (χ4v) is 2.57. The second-order valence-electron chi connectivity index (χ2n) is 4.55. The summed E-state index contributed by atoms with van der Waals surface area (Å²) in [5, 5.41) is 8.87. The van der Waals surface area contributed by atoms with E-state index in [9.17, 15) is 4.79 Å². The monoisotopic (exact) mass is 276 g/mol. The normalized spacial score (nSPS) is 10.7. The highest BCUT2D eigenvalue weighted by Gasteiger charge is 2.09. The Hall–Kier alpha value is -1.81. The van der Waals surface area contributed by atoms with E-state index < -0.39 is 5.97 Å². The molecule has 4 heteroatoms. The van der Waals surface area contributed by atoms with Gasteiger partial charge in [0.1, 0.15) is 17.2 Å². The Morgan fingerprint density at radius 1 is 1.26 bits per heavy atom. The lowest BCUT2D eigenvalue weighted by atomic mass is 10.0. The van der Waals surface area contributed by atoms with Gasteiger partial charge in [0.2, 0.25) is 0 Å². The van der Waals surface area contributed by atoms with Crippen molar-refractivity contribution in [1.82, 2.24) is 0 Å². The smallest absolute Gasteiger partial charge is 0.345 e. The molecular weight excluding hydrogens is 260 g/mol. The third-order valence-corrected chi connectivity index (χ3v) is 3.83. The highest BCUT2D eigenvalue weighted by molar-refractivity contribution is 7.13. The maximum Gasteiger partial charge on any atom is 0.345 e. The summed E-state index contributed by atoms with van der Waals surface area (Å²) >= 11 is 1.25. The van der Waals surface area contributed by atoms with Crippen molar-refractivity contribution in [2.45, 2.75) is 26.4 Å². The molecule has 0 aliphatic rings. The Bertz CT molecular complexity index is 572. The number of aromatic carboxylic acids is 1. The topological polar surface area (TPSA) is 46.5 Å². The zero-order chi connectivity index (χ0) is 13.8. The van der Waals surface area contributed by atoms with Crippen molar-refractivity contribution >= 4 is 17.3 Å². The van der Waals surface area contributed by atoms with Crippen LogP contribution in [0.2, 0.25) is 0 Å². The largest absolute Gasteiger partial charge is 0.488 e. The minimum absolute atomic E-state index is 0.343. The van der Waals surface area contributed by atoms with Gasteiger partial charge in [-0.15, -0.1) is 11.3 Å². The van der Waals surface area contributed by atoms with Crippen LogP contribution in [0.4, 0.5) is 0 Å². The standard InChI is InChI=1S/C15H16O3S/c1-10(2)12-5-3-4-6-13(12)18-9-11-7-8-14(19-11)15(16)17/h3-8,10H,9H2,1-2H3,(H,16,17). The first kappa shape index (κ1) is 13.6. The number of carbonyl (C=O) groups is 1. The van der Waals surface area contributed by atoms with Crippen LogP contribution in [0.15, 0.2) is 36.4 Å². The van der Waals surface area contributed by atoms with Crippen molar-refractivity contribution < 1.29 is 14.6 Å². The molecule has 0 spiro atoms. The zero-order valence-corrected chi connectivity index (χ0v) is 11.7. The number of hydrogen-bond donors (Lipinski definition) is 1. The van der Waals surface area contributed by atoms with Crippen molar-refractivity contribution in [3.05, 3.63) is 51.7 Å². The molecule has 0 unspecified atom stereocenters. The molecule has 0 fully saturated rings. The summed E-state index contributed by atoms with van der Waals surface area (Å²) in [7, 11) is 0. The van der Waals surface area contributed by atoms with Gasteiger partial charge in [-0.2, -0.15) is 0 Å². The SMILES string of the molecule is CC(C)c1ccccc1OCc1ccc(C(=O)O)s1. The first-order valence-corrected chi connectivity index (χ1v) is 6.93. The maximum atomic E-state index is 10.8. The van der Waals surface area contributed by atoms with Gasteiger partial charge in [0.15, 0.2) is 0 Å². The predicted molar refractivity (Wildman–Crippen MR) is 76.1 cm³/mol. The van der Waals surface area contributed by atoms with Crippen LogP contribution in [0.25, 0.3) is 0 Å². The molecule has 1 N–H and O–H groups in total. The number of carboxylic acid groups (broad SMARTS) is 1. The van der Waals surface area contributed by atoms with Crippen LogP contribution in [0, 0.1) is 0 Å². The molecule has 2 rings (SSSR count). The molecule has 1 heterocycles. The van der Waals surface area contributed by atoms with E-state index in [1.807, 2.05) is 18.2 Å². The highest BCUT2D eigenvalue weighted by atomic mass is 32.1. The third kappa shape index (κ3) is 3.35. The fraction of sp³-hybridized carbons (Fsp3) is 0.267. The van der Waals surface area contributed by atoms with E-state index in [1.54, 1.807) is 12.1 Å². The van der Waals surface area contributed by atoms with Gasteiger partial charge in [-0.1, -0.05) is 32.0 Å². The van der Waals surface area contributed by atoms with Crippen LogP contribution in [0.3, 0.4) is 0 Å². The van der Waals surface area contributed by atoms with Crippen molar-refractivity contribution in [2.24, 2.45) is 0 Å². The van der Waals surface area contributed by atoms with E-state index >= 15 is 0 Å². The first-order valence-electron chi connectivity index (χ1n) is 6.11. The predicted octanol–water partition coefficient (Wildman–Crippen LogP) is 4.15. The van der Waals surface area contributed by atoms with Gasteiger partial charge in [0.25, 0.3) is 0 Å². The molecule has 0 bridgehead atoms. The summed E-state index contributed by atoms with van der Waals surface area (Å²) in [6.07, 6.45) is 0. The van der Waals surface area contributed by atoms with Gasteiger partial charge in [-0.25, -0.2) is 4.79 Å². The Labute approximate surface area is 116 Å². The van der Waals surface area contributed by atoms with Crippen LogP contribution >= 0.6 is 11.3 Å². The van der Waals surface area contributed by atoms with Crippen molar-refractivity contribution in [1.29, 1.82) is 0 Å². The minimum atomic E-state index is -0.890. The Kier molecular flexibility index (Phi) is 4.22. The molecule has 100 valence electrons. The van der Waals surface area contributed by atoms with E-state index in [1.165, 1.54) is 11.3 Å². The van der Waals surface area contributed by atoms with E-state index in [0.717, 1.165) is 16.2 Å². The van der Waals surface area contributed by atoms with Crippen molar-refractivity contribution in [3.63, 3.8) is 0 Å². The quantitative estimate of drug-likeness (QED) is 0.892. The fourth-order valence-electron chi connectivity index (χ4n) is 1.81. The van der Waals surface area contributed by atoms with Gasteiger partial charge in [-0.3, -0.25) is 0 Å². The molecule has 2 aromatic rings. The number of hydrogen-bond acceptors (Lipinski definition) is 3. The average Bonchev–Trinajstić information content (AvgIpc) is 2.85. The molecule has 0 radical (unpaired) electrons. The summed E-state index contributed by atoms with van der Waals surface area (Å²) < 4.78 is 5.80. The number of para-hydroxylation sites is 1. The molecule has 19 heavy (non-hydrogen) atoms. The average molecular weight is 276 g/mol. The van der Waals surface area contributed by atoms with Gasteiger partial charge in [-0.05, 0) is 29.7 Å². The van der Waals surface area contributed by atoms with Crippen LogP contribution in [-0.4, -0.2) is 11.1 Å².